The highest BCUT2D eigenvalue weighted by atomic mass is 32.2. The highest BCUT2D eigenvalue weighted by Gasteiger charge is 2.16. The minimum atomic E-state index is -3.61. The molecule has 2 heterocycles. The Morgan fingerprint density at radius 3 is 2.84 bits per heavy atom. The van der Waals surface area contributed by atoms with Crippen LogP contribution in [-0.4, -0.2) is 38.1 Å². The number of ether oxygens (including phenoxy) is 1. The van der Waals surface area contributed by atoms with Crippen LogP contribution >= 0.6 is 0 Å². The summed E-state index contributed by atoms with van der Waals surface area (Å²) in [5, 5.41) is 6.25. The third kappa shape index (κ3) is 4.97. The van der Waals surface area contributed by atoms with Crippen LogP contribution in [0, 0.1) is 5.82 Å². The molecule has 8 nitrogen and oxygen atoms in total. The lowest BCUT2D eigenvalue weighted by Crippen LogP contribution is -2.26. The molecule has 0 unspecified atom stereocenters. The maximum Gasteiger partial charge on any atom is 0.240 e. The largest absolute Gasteiger partial charge is 0.491 e. The van der Waals surface area contributed by atoms with E-state index in [1.54, 1.807) is 30.5 Å². The fraction of sp³-hybridized carbons (Fsp3) is 0.273. The molecule has 168 valence electrons. The quantitative estimate of drug-likeness (QED) is 0.546. The van der Waals surface area contributed by atoms with Gasteiger partial charge in [-0.2, -0.15) is 4.98 Å². The molecule has 1 aliphatic heterocycles. The minimum absolute atomic E-state index is 0.160. The van der Waals surface area contributed by atoms with Crippen molar-refractivity contribution in [1.29, 1.82) is 0 Å². The van der Waals surface area contributed by atoms with Crippen LogP contribution in [0.3, 0.4) is 0 Å². The van der Waals surface area contributed by atoms with Crippen molar-refractivity contribution in [2.24, 2.45) is 0 Å². The van der Waals surface area contributed by atoms with Crippen LogP contribution in [0.25, 0.3) is 11.1 Å². The lowest BCUT2D eigenvalue weighted by atomic mass is 10.1. The molecule has 0 aliphatic carbocycles. The number of rotatable bonds is 4. The highest BCUT2D eigenvalue weighted by Crippen LogP contribution is 2.31. The zero-order valence-corrected chi connectivity index (χ0v) is 18.4. The number of fused-ring (bicyclic) bond motifs is 4. The topological polar surface area (TPSA) is 105 Å². The van der Waals surface area contributed by atoms with E-state index in [4.69, 9.17) is 4.74 Å². The van der Waals surface area contributed by atoms with Crippen LogP contribution in [0.2, 0.25) is 0 Å². The first-order chi connectivity index (χ1) is 15.5. The molecule has 4 rings (SSSR count). The van der Waals surface area contributed by atoms with Crippen molar-refractivity contribution >= 4 is 27.5 Å². The van der Waals surface area contributed by atoms with E-state index in [-0.39, 0.29) is 17.2 Å². The highest BCUT2D eigenvalue weighted by molar-refractivity contribution is 7.89. The standard InChI is InChI=1S/C22H24FN5O3S/c1-2-11-31-20-8-7-15(12-19(20)23)18-14-25-22-27-16-5-3-6-17(13-16)32(29,30)26-10-4-9-24-21(18)28-22/h3,5-8,12-14,26H,2,4,9-11H2,1H3,(H2,24,25,27,28). The van der Waals surface area contributed by atoms with E-state index in [1.165, 1.54) is 18.2 Å². The summed E-state index contributed by atoms with van der Waals surface area (Å²) in [4.78, 5) is 9.05. The van der Waals surface area contributed by atoms with Crippen molar-refractivity contribution in [1.82, 2.24) is 14.7 Å². The first-order valence-electron chi connectivity index (χ1n) is 10.4. The molecule has 3 aromatic rings. The van der Waals surface area contributed by atoms with E-state index in [1.807, 2.05) is 6.92 Å². The molecular formula is C22H24FN5O3S. The van der Waals surface area contributed by atoms with Gasteiger partial charge in [-0.05, 0) is 48.7 Å². The van der Waals surface area contributed by atoms with Crippen LogP contribution < -0.4 is 20.1 Å². The van der Waals surface area contributed by atoms with Gasteiger partial charge in [-0.1, -0.05) is 19.1 Å². The zero-order valence-electron chi connectivity index (χ0n) is 17.6. The van der Waals surface area contributed by atoms with Gasteiger partial charge in [-0.25, -0.2) is 22.5 Å². The molecule has 0 fully saturated rings. The van der Waals surface area contributed by atoms with Gasteiger partial charge in [0.15, 0.2) is 11.6 Å². The summed E-state index contributed by atoms with van der Waals surface area (Å²) in [6, 6.07) is 11.2. The number of nitrogens with zero attached hydrogens (tertiary/aromatic N) is 2. The Labute approximate surface area is 186 Å². The van der Waals surface area contributed by atoms with Crippen LogP contribution in [0.5, 0.6) is 5.75 Å². The maximum atomic E-state index is 14.5. The Morgan fingerprint density at radius 1 is 1.16 bits per heavy atom. The average molecular weight is 458 g/mol. The van der Waals surface area contributed by atoms with Crippen molar-refractivity contribution in [3.63, 3.8) is 0 Å². The molecule has 0 radical (unpaired) electrons. The number of hydrogen-bond donors (Lipinski definition) is 3. The van der Waals surface area contributed by atoms with Gasteiger partial charge in [0, 0.05) is 30.5 Å². The smallest absolute Gasteiger partial charge is 0.240 e. The molecule has 10 heteroatoms. The van der Waals surface area contributed by atoms with Gasteiger partial charge in [-0.3, -0.25) is 0 Å². The van der Waals surface area contributed by atoms with Gasteiger partial charge in [0.1, 0.15) is 5.82 Å². The number of hydrogen-bond acceptors (Lipinski definition) is 7. The molecule has 0 spiro atoms. The average Bonchev–Trinajstić information content (AvgIpc) is 2.78. The number of aromatic nitrogens is 2. The van der Waals surface area contributed by atoms with Crippen molar-refractivity contribution in [2.75, 3.05) is 30.3 Å². The number of sulfonamides is 1. The fourth-order valence-electron chi connectivity index (χ4n) is 3.24. The van der Waals surface area contributed by atoms with Crippen LogP contribution in [-0.2, 0) is 10.0 Å². The van der Waals surface area contributed by atoms with Gasteiger partial charge >= 0.3 is 0 Å². The van der Waals surface area contributed by atoms with Gasteiger partial charge in [-0.15, -0.1) is 0 Å². The molecule has 2 aromatic carbocycles. The van der Waals surface area contributed by atoms with Gasteiger partial charge in [0.05, 0.1) is 11.5 Å². The van der Waals surface area contributed by atoms with E-state index in [0.717, 1.165) is 6.42 Å². The van der Waals surface area contributed by atoms with Crippen molar-refractivity contribution < 1.29 is 17.5 Å². The summed E-state index contributed by atoms with van der Waals surface area (Å²) in [5.74, 6) is 0.555. The summed E-state index contributed by atoms with van der Waals surface area (Å²) in [6.07, 6.45) is 2.93. The third-order valence-electron chi connectivity index (χ3n) is 4.83. The lowest BCUT2D eigenvalue weighted by molar-refractivity contribution is 0.301. The Hall–Kier alpha value is -3.24. The minimum Gasteiger partial charge on any atom is -0.491 e. The van der Waals surface area contributed by atoms with Crippen molar-refractivity contribution in [3.05, 3.63) is 54.5 Å². The number of nitrogens with one attached hydrogen (secondary N) is 3. The third-order valence-corrected chi connectivity index (χ3v) is 6.29. The van der Waals surface area contributed by atoms with E-state index in [2.05, 4.69) is 25.3 Å². The zero-order chi connectivity index (χ0) is 22.6. The molecule has 32 heavy (non-hydrogen) atoms. The number of benzene rings is 2. The van der Waals surface area contributed by atoms with Crippen LogP contribution in [0.15, 0.2) is 53.6 Å². The van der Waals surface area contributed by atoms with E-state index in [9.17, 15) is 12.8 Å². The summed E-state index contributed by atoms with van der Waals surface area (Å²) < 4.78 is 47.5. The second-order valence-electron chi connectivity index (χ2n) is 7.28. The maximum absolute atomic E-state index is 14.5. The van der Waals surface area contributed by atoms with Crippen molar-refractivity contribution in [3.8, 4) is 16.9 Å². The van der Waals surface area contributed by atoms with E-state index in [0.29, 0.717) is 48.2 Å². The van der Waals surface area contributed by atoms with Crippen molar-refractivity contribution in [2.45, 2.75) is 24.7 Å². The molecule has 1 aromatic heterocycles. The first kappa shape index (κ1) is 22.0. The fourth-order valence-corrected chi connectivity index (χ4v) is 4.36. The molecule has 0 atom stereocenters. The second kappa shape index (κ2) is 9.49. The van der Waals surface area contributed by atoms with E-state index >= 15 is 0 Å². The Balaban J connectivity index is 1.69. The molecular weight excluding hydrogens is 433 g/mol. The number of halogens is 1. The summed E-state index contributed by atoms with van der Waals surface area (Å²) in [7, 11) is -3.61. The van der Waals surface area contributed by atoms with Gasteiger partial charge in [0.25, 0.3) is 0 Å². The molecule has 3 N–H and O–H groups in total. The summed E-state index contributed by atoms with van der Waals surface area (Å²) >= 11 is 0. The Bertz CT molecular complexity index is 1220. The van der Waals surface area contributed by atoms with Gasteiger partial charge < -0.3 is 15.4 Å². The lowest BCUT2D eigenvalue weighted by Gasteiger charge is -2.14. The second-order valence-corrected chi connectivity index (χ2v) is 9.05. The summed E-state index contributed by atoms with van der Waals surface area (Å²) in [5.41, 5.74) is 1.77. The monoisotopic (exact) mass is 457 g/mol. The predicted octanol–water partition coefficient (Wildman–Crippen LogP) is 3.91. The Kier molecular flexibility index (Phi) is 6.52. The summed E-state index contributed by atoms with van der Waals surface area (Å²) in [6.45, 7) is 3.12. The molecule has 0 amide bonds. The van der Waals surface area contributed by atoms with Crippen LogP contribution in [0.1, 0.15) is 19.8 Å². The first-order valence-corrected chi connectivity index (χ1v) is 11.8. The molecule has 0 saturated carbocycles. The van der Waals surface area contributed by atoms with Gasteiger partial charge in [0.2, 0.25) is 16.0 Å². The number of anilines is 3. The Morgan fingerprint density at radius 2 is 2.03 bits per heavy atom. The van der Waals surface area contributed by atoms with E-state index < -0.39 is 15.8 Å². The predicted molar refractivity (Wildman–Crippen MR) is 121 cm³/mol. The SMILES string of the molecule is CCCOc1ccc(-c2cnc3nc2NCCCNS(=O)(=O)c2cccc(c2)N3)cc1F. The normalized spacial score (nSPS) is 15.3. The van der Waals surface area contributed by atoms with Crippen LogP contribution in [0.4, 0.5) is 21.8 Å². The molecule has 4 bridgehead atoms. The molecule has 1 aliphatic rings. The molecule has 0 saturated heterocycles.